The Hall–Kier alpha value is -3.14. The van der Waals surface area contributed by atoms with Crippen LogP contribution in [0, 0.1) is 0 Å². The maximum atomic E-state index is 6.67. The second-order valence-corrected chi connectivity index (χ2v) is 8.72. The molecule has 3 aromatic carbocycles. The summed E-state index contributed by atoms with van der Waals surface area (Å²) in [4.78, 5) is 4.85. The van der Waals surface area contributed by atoms with Crippen molar-refractivity contribution < 1.29 is 0 Å². The first-order valence-corrected chi connectivity index (χ1v) is 11.0. The second kappa shape index (κ2) is 6.98. The maximum absolute atomic E-state index is 6.67. The molecule has 0 spiro atoms. The van der Waals surface area contributed by atoms with Gasteiger partial charge in [0.1, 0.15) is 5.82 Å². The van der Waals surface area contributed by atoms with Gasteiger partial charge in [0.05, 0.1) is 11.4 Å². The number of aromatic nitrogens is 1. The fourth-order valence-corrected chi connectivity index (χ4v) is 5.44. The topological polar surface area (TPSA) is 7.65 Å². The van der Waals surface area contributed by atoms with Crippen LogP contribution in [-0.2, 0) is 0 Å². The summed E-state index contributed by atoms with van der Waals surface area (Å²) in [6.07, 6.45) is 2.12. The minimum Gasteiger partial charge on any atom is -0.302 e. The minimum absolute atomic E-state index is 0.752. The molecule has 6 rings (SSSR count). The number of hydrogen-bond acceptors (Lipinski definition) is 2. The highest BCUT2D eigenvalue weighted by Crippen LogP contribution is 2.53. The summed E-state index contributed by atoms with van der Waals surface area (Å²) < 4.78 is 2.25. The number of hydrogen-bond donors (Lipinski definition) is 0. The average molecular weight is 425 g/mol. The van der Waals surface area contributed by atoms with E-state index in [9.17, 15) is 0 Å². The zero-order valence-electron chi connectivity index (χ0n) is 16.0. The van der Waals surface area contributed by atoms with Gasteiger partial charge in [0.25, 0.3) is 0 Å². The molecule has 3 heterocycles. The molecule has 0 saturated heterocycles. The van der Waals surface area contributed by atoms with Crippen molar-refractivity contribution in [2.75, 3.05) is 4.90 Å². The van der Waals surface area contributed by atoms with Gasteiger partial charge in [-0.15, -0.1) is 0 Å². The zero-order chi connectivity index (χ0) is 20.1. The SMILES string of the molecule is Clc1ccccc1-c1cc2ccccn2c1N1c2ccccc2Sc2ccccc21. The Bertz CT molecular complexity index is 1360. The molecule has 0 aliphatic carbocycles. The molecule has 2 aromatic heterocycles. The van der Waals surface area contributed by atoms with Gasteiger partial charge in [-0.2, -0.15) is 0 Å². The summed E-state index contributed by atoms with van der Waals surface area (Å²) in [6.45, 7) is 0. The predicted octanol–water partition coefficient (Wildman–Crippen LogP) is 8.19. The molecular formula is C26H17ClN2S. The van der Waals surface area contributed by atoms with Crippen molar-refractivity contribution in [1.29, 1.82) is 0 Å². The Morgan fingerprint density at radius 2 is 1.27 bits per heavy atom. The highest BCUT2D eigenvalue weighted by atomic mass is 35.5. The molecule has 0 radical (unpaired) electrons. The molecule has 0 atom stereocenters. The Labute approximate surface area is 184 Å². The van der Waals surface area contributed by atoms with Gasteiger partial charge in [-0.3, -0.25) is 4.90 Å². The van der Waals surface area contributed by atoms with Crippen molar-refractivity contribution in [3.63, 3.8) is 0 Å². The predicted molar refractivity (Wildman–Crippen MR) is 127 cm³/mol. The molecular weight excluding hydrogens is 408 g/mol. The lowest BCUT2D eigenvalue weighted by atomic mass is 10.1. The van der Waals surface area contributed by atoms with Crippen molar-refractivity contribution in [2.45, 2.75) is 9.79 Å². The normalized spacial score (nSPS) is 12.6. The van der Waals surface area contributed by atoms with Gasteiger partial charge in [-0.25, -0.2) is 0 Å². The minimum atomic E-state index is 0.752. The highest BCUT2D eigenvalue weighted by Gasteiger charge is 2.29. The fraction of sp³-hybridized carbons (Fsp3) is 0. The summed E-state index contributed by atoms with van der Waals surface area (Å²) in [5.41, 5.74) is 5.64. The summed E-state index contributed by atoms with van der Waals surface area (Å²) in [5.74, 6) is 1.10. The summed E-state index contributed by atoms with van der Waals surface area (Å²) >= 11 is 8.48. The van der Waals surface area contributed by atoms with Crippen LogP contribution < -0.4 is 4.90 Å². The van der Waals surface area contributed by atoms with Crippen LogP contribution in [0.4, 0.5) is 17.2 Å². The van der Waals surface area contributed by atoms with E-state index in [0.717, 1.165) is 27.5 Å². The quantitative estimate of drug-likeness (QED) is 0.276. The lowest BCUT2D eigenvalue weighted by Gasteiger charge is -2.33. The van der Waals surface area contributed by atoms with Crippen LogP contribution in [0.1, 0.15) is 0 Å². The summed E-state index contributed by atoms with van der Waals surface area (Å²) in [6, 6.07) is 33.7. The molecule has 5 aromatic rings. The molecule has 0 saturated carbocycles. The van der Waals surface area contributed by atoms with Crippen LogP contribution in [-0.4, -0.2) is 4.40 Å². The van der Waals surface area contributed by atoms with Gasteiger partial charge in [-0.1, -0.05) is 71.9 Å². The molecule has 0 amide bonds. The van der Waals surface area contributed by atoms with Gasteiger partial charge in [0.15, 0.2) is 0 Å². The molecule has 144 valence electrons. The van der Waals surface area contributed by atoms with E-state index in [1.165, 1.54) is 21.2 Å². The molecule has 0 bridgehead atoms. The molecule has 0 fully saturated rings. The smallest absolute Gasteiger partial charge is 0.130 e. The Morgan fingerprint density at radius 3 is 2.00 bits per heavy atom. The molecule has 1 aliphatic heterocycles. The lowest BCUT2D eigenvalue weighted by molar-refractivity contribution is 1.08. The zero-order valence-corrected chi connectivity index (χ0v) is 17.6. The van der Waals surface area contributed by atoms with E-state index < -0.39 is 0 Å². The van der Waals surface area contributed by atoms with Crippen LogP contribution in [0.15, 0.2) is 113 Å². The van der Waals surface area contributed by atoms with Crippen molar-refractivity contribution in [2.24, 2.45) is 0 Å². The number of pyridine rings is 1. The number of anilines is 3. The summed E-state index contributed by atoms with van der Waals surface area (Å²) in [5, 5.41) is 0.752. The first-order chi connectivity index (χ1) is 14.8. The highest BCUT2D eigenvalue weighted by molar-refractivity contribution is 7.99. The van der Waals surface area contributed by atoms with E-state index in [4.69, 9.17) is 11.6 Å². The number of benzene rings is 3. The Balaban J connectivity index is 1.73. The number of para-hydroxylation sites is 2. The molecule has 2 nitrogen and oxygen atoms in total. The van der Waals surface area contributed by atoms with E-state index in [-0.39, 0.29) is 0 Å². The van der Waals surface area contributed by atoms with Gasteiger partial charge in [-0.05, 0) is 48.5 Å². The molecule has 0 N–H and O–H groups in total. The lowest BCUT2D eigenvalue weighted by Crippen LogP contribution is -2.17. The fourth-order valence-electron chi connectivity index (χ4n) is 4.15. The largest absolute Gasteiger partial charge is 0.302 e. The van der Waals surface area contributed by atoms with Gasteiger partial charge < -0.3 is 4.40 Å². The van der Waals surface area contributed by atoms with Crippen LogP contribution in [0.2, 0.25) is 5.02 Å². The number of fused-ring (bicyclic) bond motifs is 3. The van der Waals surface area contributed by atoms with Crippen LogP contribution >= 0.6 is 23.4 Å². The number of halogens is 1. The molecule has 4 heteroatoms. The van der Waals surface area contributed by atoms with Crippen LogP contribution in [0.5, 0.6) is 0 Å². The first-order valence-electron chi connectivity index (χ1n) is 9.82. The van der Waals surface area contributed by atoms with Crippen molar-refractivity contribution in [1.82, 2.24) is 4.40 Å². The number of nitrogens with zero attached hydrogens (tertiary/aromatic N) is 2. The monoisotopic (exact) mass is 424 g/mol. The first kappa shape index (κ1) is 17.7. The maximum Gasteiger partial charge on any atom is 0.130 e. The van der Waals surface area contributed by atoms with Crippen molar-refractivity contribution >= 4 is 46.1 Å². The van der Waals surface area contributed by atoms with Crippen molar-refractivity contribution in [3.8, 4) is 11.1 Å². The Kier molecular flexibility index (Phi) is 4.12. The van der Waals surface area contributed by atoms with Crippen LogP contribution in [0.25, 0.3) is 16.6 Å². The standard InChI is InChI=1S/C26H17ClN2S/c27-21-11-2-1-10-19(21)20-17-18-9-7-8-16-28(18)26(20)29-22-12-3-5-14-24(22)30-25-15-6-4-13-23(25)29/h1-17H. The van der Waals surface area contributed by atoms with Gasteiger partial charge >= 0.3 is 0 Å². The molecule has 1 aliphatic rings. The van der Waals surface area contributed by atoms with E-state index in [1.54, 1.807) is 0 Å². The molecule has 0 unspecified atom stereocenters. The van der Waals surface area contributed by atoms with E-state index in [0.29, 0.717) is 0 Å². The van der Waals surface area contributed by atoms with Crippen LogP contribution in [0.3, 0.4) is 0 Å². The molecule has 30 heavy (non-hydrogen) atoms. The van der Waals surface area contributed by atoms with E-state index >= 15 is 0 Å². The van der Waals surface area contributed by atoms with Crippen molar-refractivity contribution in [3.05, 3.63) is 108 Å². The van der Waals surface area contributed by atoms with E-state index in [1.807, 2.05) is 30.0 Å². The van der Waals surface area contributed by atoms with Gasteiger partial charge in [0, 0.05) is 37.7 Å². The number of rotatable bonds is 2. The third-order valence-electron chi connectivity index (χ3n) is 5.46. The Morgan fingerprint density at radius 1 is 0.633 bits per heavy atom. The average Bonchev–Trinajstić information content (AvgIpc) is 3.16. The second-order valence-electron chi connectivity index (χ2n) is 7.23. The van der Waals surface area contributed by atoms with E-state index in [2.05, 4.69) is 94.4 Å². The summed E-state index contributed by atoms with van der Waals surface area (Å²) in [7, 11) is 0. The third kappa shape index (κ3) is 2.67. The third-order valence-corrected chi connectivity index (χ3v) is 6.92. The van der Waals surface area contributed by atoms with Gasteiger partial charge in [0.2, 0.25) is 0 Å².